The van der Waals surface area contributed by atoms with Crippen molar-refractivity contribution < 1.29 is 8.78 Å². The standard InChI is InChI=1S/C11H19F2N3/c1-4-8(2)9(3)14-11-5-6-16(15-11)7-10(12)13/h5-6,8-10H,4,7H2,1-3H3,(H,14,15). The van der Waals surface area contributed by atoms with E-state index in [2.05, 4.69) is 31.2 Å². The van der Waals surface area contributed by atoms with Gasteiger partial charge in [-0.3, -0.25) is 4.68 Å². The minimum Gasteiger partial charge on any atom is -0.366 e. The molecule has 0 aliphatic rings. The van der Waals surface area contributed by atoms with Crippen LogP contribution in [0.3, 0.4) is 0 Å². The van der Waals surface area contributed by atoms with Crippen molar-refractivity contribution in [1.82, 2.24) is 9.78 Å². The van der Waals surface area contributed by atoms with Crippen LogP contribution in [-0.2, 0) is 6.54 Å². The van der Waals surface area contributed by atoms with Crippen molar-refractivity contribution >= 4 is 5.82 Å². The van der Waals surface area contributed by atoms with Crippen molar-refractivity contribution in [3.8, 4) is 0 Å². The third-order valence-corrected chi connectivity index (χ3v) is 2.84. The van der Waals surface area contributed by atoms with E-state index in [9.17, 15) is 8.78 Å². The van der Waals surface area contributed by atoms with Crippen LogP contribution in [0.15, 0.2) is 12.3 Å². The Morgan fingerprint density at radius 1 is 1.44 bits per heavy atom. The predicted octanol–water partition coefficient (Wildman–Crippen LogP) is 2.99. The van der Waals surface area contributed by atoms with Gasteiger partial charge in [0.1, 0.15) is 12.4 Å². The Morgan fingerprint density at radius 3 is 2.69 bits per heavy atom. The largest absolute Gasteiger partial charge is 0.366 e. The summed E-state index contributed by atoms with van der Waals surface area (Å²) in [4.78, 5) is 0. The molecule has 2 atom stereocenters. The Labute approximate surface area is 94.8 Å². The fourth-order valence-corrected chi connectivity index (χ4v) is 1.41. The first-order chi connectivity index (χ1) is 7.52. The first kappa shape index (κ1) is 12.9. The zero-order valence-electron chi connectivity index (χ0n) is 9.95. The normalized spacial score (nSPS) is 15.1. The average molecular weight is 231 g/mol. The Balaban J connectivity index is 2.51. The van der Waals surface area contributed by atoms with Crippen molar-refractivity contribution in [2.75, 3.05) is 5.32 Å². The van der Waals surface area contributed by atoms with Crippen molar-refractivity contribution in [3.63, 3.8) is 0 Å². The highest BCUT2D eigenvalue weighted by atomic mass is 19.3. The zero-order valence-corrected chi connectivity index (χ0v) is 9.95. The summed E-state index contributed by atoms with van der Waals surface area (Å²) in [6.07, 6.45) is 0.281. The second-order valence-corrected chi connectivity index (χ2v) is 4.13. The van der Waals surface area contributed by atoms with E-state index in [0.717, 1.165) is 6.42 Å². The Kier molecular flexibility index (Phi) is 4.71. The maximum Gasteiger partial charge on any atom is 0.257 e. The number of rotatable bonds is 6. The predicted molar refractivity (Wildman–Crippen MR) is 60.8 cm³/mol. The summed E-state index contributed by atoms with van der Waals surface area (Å²) in [5, 5.41) is 7.24. The highest BCUT2D eigenvalue weighted by Crippen LogP contribution is 2.13. The first-order valence-electron chi connectivity index (χ1n) is 5.61. The van der Waals surface area contributed by atoms with Gasteiger partial charge in [0.05, 0.1) is 0 Å². The summed E-state index contributed by atoms with van der Waals surface area (Å²) in [6.45, 7) is 5.99. The maximum absolute atomic E-state index is 12.1. The van der Waals surface area contributed by atoms with E-state index in [1.807, 2.05) is 0 Å². The summed E-state index contributed by atoms with van der Waals surface area (Å²) in [5.74, 6) is 1.19. The molecule has 3 nitrogen and oxygen atoms in total. The van der Waals surface area contributed by atoms with Crippen LogP contribution in [0.25, 0.3) is 0 Å². The lowest BCUT2D eigenvalue weighted by molar-refractivity contribution is 0.122. The number of alkyl halides is 2. The summed E-state index contributed by atoms with van der Waals surface area (Å²) in [6, 6.07) is 2.02. The lowest BCUT2D eigenvalue weighted by Gasteiger charge is -2.19. The molecule has 1 aromatic heterocycles. The van der Waals surface area contributed by atoms with Crippen LogP contribution < -0.4 is 5.32 Å². The second-order valence-electron chi connectivity index (χ2n) is 4.13. The van der Waals surface area contributed by atoms with Gasteiger partial charge in [0.15, 0.2) is 0 Å². The third-order valence-electron chi connectivity index (χ3n) is 2.84. The first-order valence-corrected chi connectivity index (χ1v) is 5.61. The molecule has 0 saturated heterocycles. The Hall–Kier alpha value is -1.13. The van der Waals surface area contributed by atoms with E-state index in [0.29, 0.717) is 17.8 Å². The molecule has 0 saturated carbocycles. The number of halogens is 2. The highest BCUT2D eigenvalue weighted by molar-refractivity contribution is 5.33. The van der Waals surface area contributed by atoms with Gasteiger partial charge >= 0.3 is 0 Å². The van der Waals surface area contributed by atoms with Gasteiger partial charge in [0.25, 0.3) is 6.43 Å². The summed E-state index contributed by atoms with van der Waals surface area (Å²) < 4.78 is 25.4. The molecule has 1 N–H and O–H groups in total. The molecule has 1 aromatic rings. The second kappa shape index (κ2) is 5.82. The minimum absolute atomic E-state index is 0.292. The quantitative estimate of drug-likeness (QED) is 0.815. The van der Waals surface area contributed by atoms with Gasteiger partial charge in [-0.25, -0.2) is 8.78 Å². The van der Waals surface area contributed by atoms with Crippen LogP contribution in [0.5, 0.6) is 0 Å². The highest BCUT2D eigenvalue weighted by Gasteiger charge is 2.11. The van der Waals surface area contributed by atoms with Gasteiger partial charge in [-0.15, -0.1) is 0 Å². The van der Waals surface area contributed by atoms with Gasteiger partial charge in [-0.1, -0.05) is 20.3 Å². The van der Waals surface area contributed by atoms with E-state index in [-0.39, 0.29) is 6.54 Å². The molecule has 16 heavy (non-hydrogen) atoms. The topological polar surface area (TPSA) is 29.9 Å². The molecule has 92 valence electrons. The SMILES string of the molecule is CCC(C)C(C)Nc1ccn(CC(F)F)n1. The van der Waals surface area contributed by atoms with Gasteiger partial charge < -0.3 is 5.32 Å². The molecule has 0 aliphatic heterocycles. The van der Waals surface area contributed by atoms with E-state index in [1.54, 1.807) is 12.3 Å². The number of hydrogen-bond acceptors (Lipinski definition) is 2. The van der Waals surface area contributed by atoms with Crippen LogP contribution in [-0.4, -0.2) is 22.2 Å². The molecule has 0 aliphatic carbocycles. The number of hydrogen-bond donors (Lipinski definition) is 1. The van der Waals surface area contributed by atoms with Gasteiger partial charge in [0.2, 0.25) is 0 Å². The molecule has 0 bridgehead atoms. The molecular weight excluding hydrogens is 212 g/mol. The van der Waals surface area contributed by atoms with Crippen LogP contribution >= 0.6 is 0 Å². The lowest BCUT2D eigenvalue weighted by atomic mass is 10.0. The summed E-state index contributed by atoms with van der Waals surface area (Å²) >= 11 is 0. The number of aromatic nitrogens is 2. The molecule has 0 fully saturated rings. The lowest BCUT2D eigenvalue weighted by Crippen LogP contribution is -2.23. The van der Waals surface area contributed by atoms with E-state index >= 15 is 0 Å². The van der Waals surface area contributed by atoms with Crippen LogP contribution in [0.4, 0.5) is 14.6 Å². The fourth-order valence-electron chi connectivity index (χ4n) is 1.41. The zero-order chi connectivity index (χ0) is 12.1. The molecule has 2 unspecified atom stereocenters. The molecular formula is C11H19F2N3. The Morgan fingerprint density at radius 2 is 2.12 bits per heavy atom. The molecule has 1 heterocycles. The number of anilines is 1. The van der Waals surface area contributed by atoms with Crippen LogP contribution in [0, 0.1) is 5.92 Å². The molecule has 0 spiro atoms. The van der Waals surface area contributed by atoms with Crippen LogP contribution in [0.2, 0.25) is 0 Å². The molecule has 1 rings (SSSR count). The van der Waals surface area contributed by atoms with Gasteiger partial charge in [-0.05, 0) is 12.8 Å². The van der Waals surface area contributed by atoms with Crippen molar-refractivity contribution in [1.29, 1.82) is 0 Å². The maximum atomic E-state index is 12.1. The molecule has 0 amide bonds. The van der Waals surface area contributed by atoms with E-state index in [1.165, 1.54) is 4.68 Å². The van der Waals surface area contributed by atoms with E-state index in [4.69, 9.17) is 0 Å². The molecule has 5 heteroatoms. The van der Waals surface area contributed by atoms with Crippen molar-refractivity contribution in [2.24, 2.45) is 5.92 Å². The fraction of sp³-hybridized carbons (Fsp3) is 0.727. The smallest absolute Gasteiger partial charge is 0.257 e. The third kappa shape index (κ3) is 3.79. The van der Waals surface area contributed by atoms with Crippen molar-refractivity contribution in [3.05, 3.63) is 12.3 Å². The monoisotopic (exact) mass is 231 g/mol. The van der Waals surface area contributed by atoms with E-state index < -0.39 is 6.43 Å². The number of nitrogens with one attached hydrogen (secondary N) is 1. The molecule has 0 radical (unpaired) electrons. The molecule has 0 aromatic carbocycles. The Bertz CT molecular complexity index is 312. The summed E-state index contributed by atoms with van der Waals surface area (Å²) in [7, 11) is 0. The summed E-state index contributed by atoms with van der Waals surface area (Å²) in [5.41, 5.74) is 0. The average Bonchev–Trinajstić information content (AvgIpc) is 2.63. The van der Waals surface area contributed by atoms with Gasteiger partial charge in [0, 0.05) is 18.3 Å². The number of nitrogens with zero attached hydrogens (tertiary/aromatic N) is 2. The minimum atomic E-state index is -2.36. The van der Waals surface area contributed by atoms with Gasteiger partial charge in [-0.2, -0.15) is 5.10 Å². The van der Waals surface area contributed by atoms with Crippen molar-refractivity contribution in [2.45, 2.75) is 46.2 Å². The van der Waals surface area contributed by atoms with Crippen LogP contribution in [0.1, 0.15) is 27.2 Å².